The highest BCUT2D eigenvalue weighted by molar-refractivity contribution is 6.17. The van der Waals surface area contributed by atoms with Gasteiger partial charge in [-0.05, 0) is 78.4 Å². The maximum Gasteiger partial charge on any atom is 0.217 e. The van der Waals surface area contributed by atoms with E-state index in [0.717, 1.165) is 57.4 Å². The topological polar surface area (TPSA) is 110 Å². The molecule has 1 aromatic heterocycles. The number of aromatic nitrogens is 2. The van der Waals surface area contributed by atoms with Gasteiger partial charge in [-0.2, -0.15) is 4.98 Å². The Morgan fingerprint density at radius 1 is 1.17 bits per heavy atom. The molecule has 0 bridgehead atoms. The van der Waals surface area contributed by atoms with E-state index in [-0.39, 0.29) is 23.6 Å². The van der Waals surface area contributed by atoms with Gasteiger partial charge in [0.25, 0.3) is 0 Å². The Bertz CT molecular complexity index is 1010. The predicted octanol–water partition coefficient (Wildman–Crippen LogP) is 2.97. The van der Waals surface area contributed by atoms with E-state index >= 15 is 0 Å². The minimum Gasteiger partial charge on any atom is -0.473 e. The molecule has 190 valence electrons. The Morgan fingerprint density at radius 3 is 2.71 bits per heavy atom. The molecule has 0 aromatic carbocycles. The van der Waals surface area contributed by atoms with Crippen LogP contribution in [0.15, 0.2) is 11.6 Å². The zero-order chi connectivity index (χ0) is 24.6. The normalized spacial score (nSPS) is 32.3. The summed E-state index contributed by atoms with van der Waals surface area (Å²) in [7, 11) is 2.14. The summed E-state index contributed by atoms with van der Waals surface area (Å²) < 4.78 is 6.37. The van der Waals surface area contributed by atoms with Crippen molar-refractivity contribution in [1.82, 2.24) is 20.2 Å². The molecule has 4 aliphatic rings. The van der Waals surface area contributed by atoms with Gasteiger partial charge in [0, 0.05) is 36.6 Å². The number of carbonyl (C=O) groups excluding carboxylic acids is 2. The standard InChI is InChI=1S/C27H39N5O3/c1-17(21-8-6-14-32(21)2)35-23-15-20(18-10-13-29-16-18)30-26(31-23)24(28)19-7-5-12-27(25(19)34)11-4-3-9-22(27)33/h15,17-18,21,29H,3-14,16,28H2,1-2H3/t17-,18+,21-,27+/m0/s1. The smallest absolute Gasteiger partial charge is 0.217 e. The highest BCUT2D eigenvalue weighted by Crippen LogP contribution is 2.45. The summed E-state index contributed by atoms with van der Waals surface area (Å²) in [6.45, 7) is 4.97. The Morgan fingerprint density at radius 2 is 2.00 bits per heavy atom. The number of hydrogen-bond acceptors (Lipinski definition) is 8. The average Bonchev–Trinajstić information content (AvgIpc) is 3.54. The summed E-state index contributed by atoms with van der Waals surface area (Å²) >= 11 is 0. The molecule has 4 fully saturated rings. The van der Waals surface area contributed by atoms with Crippen LogP contribution in [0.4, 0.5) is 0 Å². The van der Waals surface area contributed by atoms with E-state index in [1.807, 2.05) is 6.07 Å². The van der Waals surface area contributed by atoms with Crippen molar-refractivity contribution in [2.45, 2.75) is 89.2 Å². The van der Waals surface area contributed by atoms with E-state index < -0.39 is 5.41 Å². The van der Waals surface area contributed by atoms with E-state index in [2.05, 4.69) is 24.2 Å². The Labute approximate surface area is 208 Å². The molecule has 0 radical (unpaired) electrons. The molecule has 4 atom stereocenters. The van der Waals surface area contributed by atoms with E-state index in [9.17, 15) is 9.59 Å². The molecule has 8 heteroatoms. The number of ketones is 2. The molecule has 35 heavy (non-hydrogen) atoms. The van der Waals surface area contributed by atoms with Crippen molar-refractivity contribution >= 4 is 17.3 Å². The van der Waals surface area contributed by atoms with E-state index in [0.29, 0.717) is 54.7 Å². The summed E-state index contributed by atoms with van der Waals surface area (Å²) in [5, 5.41) is 3.40. The molecular formula is C27H39N5O3. The van der Waals surface area contributed by atoms with Crippen LogP contribution in [0.2, 0.25) is 0 Å². The Balaban J connectivity index is 1.49. The molecule has 1 aromatic rings. The second-order valence-electron chi connectivity index (χ2n) is 10.9. The lowest BCUT2D eigenvalue weighted by molar-refractivity contribution is -0.143. The van der Waals surface area contributed by atoms with Gasteiger partial charge in [-0.15, -0.1) is 0 Å². The number of nitrogens with zero attached hydrogens (tertiary/aromatic N) is 3. The minimum atomic E-state index is -0.885. The van der Waals surface area contributed by atoms with Crippen LogP contribution in [0.3, 0.4) is 0 Å². The monoisotopic (exact) mass is 481 g/mol. The molecule has 3 heterocycles. The number of likely N-dealkylation sites (tertiary alicyclic amines) is 1. The van der Waals surface area contributed by atoms with Crippen LogP contribution < -0.4 is 15.8 Å². The molecule has 3 N–H and O–H groups in total. The summed E-state index contributed by atoms with van der Waals surface area (Å²) in [5.74, 6) is 1.13. The second-order valence-corrected chi connectivity index (χ2v) is 10.9. The molecule has 2 aliphatic carbocycles. The number of Topliss-reactive ketones (excluding diaryl/α,β-unsaturated/α-hetero) is 2. The number of ether oxygens (including phenoxy) is 1. The van der Waals surface area contributed by atoms with Crippen molar-refractivity contribution in [2.24, 2.45) is 11.1 Å². The average molecular weight is 482 g/mol. The van der Waals surface area contributed by atoms with Gasteiger partial charge >= 0.3 is 0 Å². The van der Waals surface area contributed by atoms with Crippen LogP contribution in [-0.2, 0) is 9.59 Å². The molecule has 0 amide bonds. The number of nitrogens with one attached hydrogen (secondary N) is 1. The lowest BCUT2D eigenvalue weighted by Gasteiger charge is -2.38. The minimum absolute atomic E-state index is 0.0203. The zero-order valence-electron chi connectivity index (χ0n) is 21.1. The molecular weight excluding hydrogens is 442 g/mol. The zero-order valence-corrected chi connectivity index (χ0v) is 21.1. The number of nitrogens with two attached hydrogens (primary N) is 1. The number of hydrogen-bond donors (Lipinski definition) is 2. The third-order valence-corrected chi connectivity index (χ3v) is 8.72. The van der Waals surface area contributed by atoms with Gasteiger partial charge in [0.15, 0.2) is 11.6 Å². The highest BCUT2D eigenvalue weighted by Gasteiger charge is 2.49. The van der Waals surface area contributed by atoms with Gasteiger partial charge in [0.2, 0.25) is 5.88 Å². The summed E-state index contributed by atoms with van der Waals surface area (Å²) in [6.07, 6.45) is 8.15. The van der Waals surface area contributed by atoms with Crippen molar-refractivity contribution in [3.63, 3.8) is 0 Å². The molecule has 1 spiro atoms. The summed E-state index contributed by atoms with van der Waals surface area (Å²) in [5.41, 5.74) is 7.51. The molecule has 0 unspecified atom stereocenters. The van der Waals surface area contributed by atoms with Crippen molar-refractivity contribution in [3.05, 3.63) is 23.2 Å². The first-order valence-corrected chi connectivity index (χ1v) is 13.4. The molecule has 2 saturated heterocycles. The van der Waals surface area contributed by atoms with Crippen molar-refractivity contribution < 1.29 is 14.3 Å². The largest absolute Gasteiger partial charge is 0.473 e. The molecule has 2 saturated carbocycles. The van der Waals surface area contributed by atoms with Crippen LogP contribution in [0, 0.1) is 5.41 Å². The Hall–Kier alpha value is -2.32. The van der Waals surface area contributed by atoms with Crippen LogP contribution in [0.25, 0.3) is 5.70 Å². The van der Waals surface area contributed by atoms with Crippen LogP contribution in [0.1, 0.15) is 88.6 Å². The lowest BCUT2D eigenvalue weighted by Crippen LogP contribution is -2.45. The van der Waals surface area contributed by atoms with Gasteiger partial charge in [0.05, 0.1) is 16.8 Å². The van der Waals surface area contributed by atoms with Gasteiger partial charge in [-0.1, -0.05) is 6.42 Å². The fourth-order valence-corrected chi connectivity index (χ4v) is 6.61. The SMILES string of the molecule is C[C@H](Oc1cc([C@@H]2CCNC2)nc(C(N)=C2CCC[C@@]3(CCCCC3=O)C2=O)n1)[C@@H]1CCCN1C. The van der Waals surface area contributed by atoms with Crippen molar-refractivity contribution in [2.75, 3.05) is 26.7 Å². The predicted molar refractivity (Wildman–Crippen MR) is 134 cm³/mol. The number of allylic oxidation sites excluding steroid dienone is 1. The fourth-order valence-electron chi connectivity index (χ4n) is 6.61. The first kappa shape index (κ1) is 24.4. The fraction of sp³-hybridized carbons (Fsp3) is 0.704. The van der Waals surface area contributed by atoms with Crippen molar-refractivity contribution in [1.29, 1.82) is 0 Å². The first-order chi connectivity index (χ1) is 16.9. The maximum atomic E-state index is 13.7. The van der Waals surface area contributed by atoms with Gasteiger partial charge < -0.3 is 15.8 Å². The summed E-state index contributed by atoms with van der Waals surface area (Å²) in [4.78, 5) is 38.5. The maximum absolute atomic E-state index is 13.7. The second kappa shape index (κ2) is 9.97. The number of likely N-dealkylation sites (N-methyl/N-ethyl adjacent to an activating group) is 1. The van der Waals surface area contributed by atoms with E-state index in [1.54, 1.807) is 0 Å². The van der Waals surface area contributed by atoms with Gasteiger partial charge in [-0.3, -0.25) is 14.5 Å². The van der Waals surface area contributed by atoms with Crippen LogP contribution in [0.5, 0.6) is 5.88 Å². The number of carbonyl (C=O) groups is 2. The Kier molecular flexibility index (Phi) is 6.95. The summed E-state index contributed by atoms with van der Waals surface area (Å²) in [6, 6.07) is 2.29. The quantitative estimate of drug-likeness (QED) is 0.488. The molecule has 8 nitrogen and oxygen atoms in total. The molecule has 5 rings (SSSR count). The van der Waals surface area contributed by atoms with Crippen molar-refractivity contribution in [3.8, 4) is 5.88 Å². The highest BCUT2D eigenvalue weighted by atomic mass is 16.5. The number of rotatable bonds is 5. The van der Waals surface area contributed by atoms with Crippen LogP contribution >= 0.6 is 0 Å². The molecule has 2 aliphatic heterocycles. The van der Waals surface area contributed by atoms with E-state index in [1.165, 1.54) is 6.42 Å². The first-order valence-electron chi connectivity index (χ1n) is 13.4. The van der Waals surface area contributed by atoms with Gasteiger partial charge in [0.1, 0.15) is 11.9 Å². The van der Waals surface area contributed by atoms with E-state index in [4.69, 9.17) is 20.4 Å². The third-order valence-electron chi connectivity index (χ3n) is 8.72. The third kappa shape index (κ3) is 4.62. The van der Waals surface area contributed by atoms with Crippen LogP contribution in [-0.4, -0.2) is 65.3 Å². The lowest BCUT2D eigenvalue weighted by atomic mass is 9.62. The van der Waals surface area contributed by atoms with Gasteiger partial charge in [-0.25, -0.2) is 4.98 Å².